The second-order valence-corrected chi connectivity index (χ2v) is 29.3. The van der Waals surface area contributed by atoms with E-state index in [0.717, 1.165) is 12.8 Å². The highest BCUT2D eigenvalue weighted by atomic mass is 15.3. The fraction of sp³-hybridized carbons (Fsp3) is 0.360. The van der Waals surface area contributed by atoms with E-state index in [0.29, 0.717) is 0 Å². The van der Waals surface area contributed by atoms with Gasteiger partial charge in [0.1, 0.15) is 0 Å². The molecule has 0 saturated heterocycles. The molecule has 1 aliphatic carbocycles. The predicted octanol–water partition coefficient (Wildman–Crippen LogP) is 18.7. The maximum atomic E-state index is 2.84. The van der Waals surface area contributed by atoms with Crippen molar-refractivity contribution >= 4 is 68.6 Å². The van der Waals surface area contributed by atoms with Gasteiger partial charge in [0.2, 0.25) is 0 Å². The van der Waals surface area contributed by atoms with Crippen molar-refractivity contribution in [1.29, 1.82) is 0 Å². The van der Waals surface area contributed by atoms with Gasteiger partial charge in [0, 0.05) is 50.8 Å². The summed E-state index contributed by atoms with van der Waals surface area (Å²) in [6, 6.07) is 67.5. The molecule has 4 aliphatic rings. The minimum atomic E-state index is -0.288. The first-order valence-electron chi connectivity index (χ1n) is 29.6. The molecule has 0 radical (unpaired) electrons. The molecule has 0 amide bonds. The Morgan fingerprint density at radius 1 is 0.380 bits per heavy atom. The molecule has 3 nitrogen and oxygen atoms in total. The Hall–Kier alpha value is -6.78. The molecule has 2 atom stereocenters. The van der Waals surface area contributed by atoms with Gasteiger partial charge in [-0.05, 0) is 162 Å². The van der Waals surface area contributed by atoms with E-state index in [2.05, 4.69) is 295 Å². The van der Waals surface area contributed by atoms with Crippen LogP contribution in [0.1, 0.15) is 175 Å². The van der Waals surface area contributed by atoms with Crippen LogP contribution in [0.4, 0.5) is 45.5 Å². The standard InChI is InChI=1S/C75H84BN3/c1-69(2,3)50-31-33-51(34-32-50)75-42-23-22-41-74(75,16)79(63-30-21-20-29-59(63)75)57-47-66-68-67(48-57)78(62-39-36-53(71(7,8)9)44-58(62)49-25-18-17-19-26-49)64-40-37-54(72(10,11)12)45-61(64)76(68)60-38-35-55(73(13,14)15)46-65(60)77(66)56-28-24-27-52(43-56)70(4,5)6/h17-21,24-40,43-48H,22-23,41-42H2,1-16H3. The van der Waals surface area contributed by atoms with Crippen LogP contribution in [0.25, 0.3) is 11.1 Å². The molecule has 402 valence electrons. The number of fused-ring (bicyclic) bond motifs is 7. The van der Waals surface area contributed by atoms with E-state index in [1.807, 2.05) is 0 Å². The minimum Gasteiger partial charge on any atom is -0.334 e. The SMILES string of the molecule is CC(C)(C)c1ccc(C23CCCCC2(C)N(c2cc4c5c(c2)N(c2ccc(C(C)(C)C)cc2-c2ccccc2)c2ccc(C(C)(C)C)cc2B5c2ccc(C(C)(C)C)cc2N4c2cccc(C(C)(C)C)c2)c2ccccc23)cc1. The molecule has 12 rings (SSSR count). The summed E-state index contributed by atoms with van der Waals surface area (Å²) in [6.07, 6.45) is 4.53. The van der Waals surface area contributed by atoms with Gasteiger partial charge in [-0.2, -0.15) is 0 Å². The summed E-state index contributed by atoms with van der Waals surface area (Å²) in [5.74, 6) is 0. The molecule has 0 aromatic heterocycles. The molecule has 79 heavy (non-hydrogen) atoms. The zero-order valence-electron chi connectivity index (χ0n) is 50.4. The van der Waals surface area contributed by atoms with Gasteiger partial charge < -0.3 is 14.7 Å². The van der Waals surface area contributed by atoms with E-state index >= 15 is 0 Å². The number of nitrogens with zero attached hydrogens (tertiary/aromatic N) is 3. The molecular formula is C75H84BN3. The van der Waals surface area contributed by atoms with Crippen LogP contribution in [-0.2, 0) is 32.5 Å². The Bertz CT molecular complexity index is 3680. The molecule has 1 fully saturated rings. The van der Waals surface area contributed by atoms with Crippen molar-refractivity contribution in [3.8, 4) is 11.1 Å². The van der Waals surface area contributed by atoms with E-state index in [1.165, 1.54) is 125 Å². The van der Waals surface area contributed by atoms with Gasteiger partial charge in [-0.3, -0.25) is 0 Å². The zero-order valence-corrected chi connectivity index (χ0v) is 50.4. The molecule has 4 heteroatoms. The van der Waals surface area contributed by atoms with Crippen LogP contribution < -0.4 is 31.1 Å². The van der Waals surface area contributed by atoms with Gasteiger partial charge in [-0.1, -0.05) is 232 Å². The first-order chi connectivity index (χ1) is 37.2. The van der Waals surface area contributed by atoms with Crippen molar-refractivity contribution < 1.29 is 0 Å². The van der Waals surface area contributed by atoms with E-state index in [-0.39, 0.29) is 44.7 Å². The number of para-hydroxylation sites is 1. The van der Waals surface area contributed by atoms with Gasteiger partial charge in [0.05, 0.1) is 11.2 Å². The Morgan fingerprint density at radius 3 is 1.58 bits per heavy atom. The average molecular weight is 1040 g/mol. The molecule has 1 saturated carbocycles. The predicted molar refractivity (Wildman–Crippen MR) is 342 cm³/mol. The third-order valence-electron chi connectivity index (χ3n) is 18.9. The van der Waals surface area contributed by atoms with E-state index < -0.39 is 0 Å². The second kappa shape index (κ2) is 18.1. The minimum absolute atomic E-state index is 0.0377. The highest BCUT2D eigenvalue weighted by molar-refractivity contribution is 7.00. The molecule has 0 spiro atoms. The van der Waals surface area contributed by atoms with Crippen LogP contribution in [0.2, 0.25) is 0 Å². The fourth-order valence-electron chi connectivity index (χ4n) is 14.4. The first kappa shape index (κ1) is 52.9. The molecular weight excluding hydrogens is 954 g/mol. The number of rotatable bonds is 5. The van der Waals surface area contributed by atoms with Crippen molar-refractivity contribution in [2.45, 2.75) is 174 Å². The summed E-state index contributed by atoms with van der Waals surface area (Å²) in [4.78, 5) is 8.21. The molecule has 8 aromatic carbocycles. The van der Waals surface area contributed by atoms with Crippen molar-refractivity contribution in [3.05, 3.63) is 209 Å². The summed E-state index contributed by atoms with van der Waals surface area (Å²) in [7, 11) is 0. The van der Waals surface area contributed by atoms with Gasteiger partial charge in [-0.15, -0.1) is 0 Å². The van der Waals surface area contributed by atoms with Crippen LogP contribution in [0.5, 0.6) is 0 Å². The van der Waals surface area contributed by atoms with Gasteiger partial charge >= 0.3 is 0 Å². The normalized spacial score (nSPS) is 18.9. The van der Waals surface area contributed by atoms with Crippen molar-refractivity contribution in [2.24, 2.45) is 0 Å². The highest BCUT2D eigenvalue weighted by Crippen LogP contribution is 2.64. The smallest absolute Gasteiger partial charge is 0.252 e. The quantitative estimate of drug-likeness (QED) is 0.159. The lowest BCUT2D eigenvalue weighted by Crippen LogP contribution is -2.62. The van der Waals surface area contributed by atoms with Crippen LogP contribution in [0.3, 0.4) is 0 Å². The van der Waals surface area contributed by atoms with Gasteiger partial charge in [0.15, 0.2) is 0 Å². The summed E-state index contributed by atoms with van der Waals surface area (Å²) in [5.41, 5.74) is 25.3. The first-order valence-corrected chi connectivity index (χ1v) is 29.6. The second-order valence-electron chi connectivity index (χ2n) is 29.3. The summed E-state index contributed by atoms with van der Waals surface area (Å²) in [6.45, 7) is 37.9. The van der Waals surface area contributed by atoms with Crippen molar-refractivity contribution in [3.63, 3.8) is 0 Å². The highest BCUT2D eigenvalue weighted by Gasteiger charge is 2.61. The summed E-state index contributed by atoms with van der Waals surface area (Å²) in [5, 5.41) is 0. The van der Waals surface area contributed by atoms with Gasteiger partial charge in [0.25, 0.3) is 6.71 Å². The molecule has 0 N–H and O–H groups in total. The maximum Gasteiger partial charge on any atom is 0.252 e. The number of anilines is 8. The molecule has 2 unspecified atom stereocenters. The fourth-order valence-corrected chi connectivity index (χ4v) is 14.4. The van der Waals surface area contributed by atoms with Crippen molar-refractivity contribution in [2.75, 3.05) is 14.7 Å². The largest absolute Gasteiger partial charge is 0.334 e. The Labute approximate surface area is 475 Å². The average Bonchev–Trinajstić information content (AvgIpc) is 3.95. The Balaban J connectivity index is 1.23. The lowest BCUT2D eigenvalue weighted by atomic mass is 9.33. The van der Waals surface area contributed by atoms with E-state index in [4.69, 9.17) is 0 Å². The van der Waals surface area contributed by atoms with Crippen molar-refractivity contribution in [1.82, 2.24) is 0 Å². The number of hydrogen-bond acceptors (Lipinski definition) is 3. The van der Waals surface area contributed by atoms with Crippen LogP contribution in [0, 0.1) is 0 Å². The molecule has 8 aromatic rings. The summed E-state index contributed by atoms with van der Waals surface area (Å²) >= 11 is 0. The lowest BCUT2D eigenvalue weighted by molar-refractivity contribution is 0.215. The Morgan fingerprint density at radius 2 is 0.924 bits per heavy atom. The Kier molecular flexibility index (Phi) is 12.1. The topological polar surface area (TPSA) is 9.72 Å². The zero-order chi connectivity index (χ0) is 56.0. The monoisotopic (exact) mass is 1040 g/mol. The van der Waals surface area contributed by atoms with E-state index in [9.17, 15) is 0 Å². The van der Waals surface area contributed by atoms with Gasteiger partial charge in [-0.25, -0.2) is 0 Å². The third-order valence-corrected chi connectivity index (χ3v) is 18.9. The third kappa shape index (κ3) is 8.43. The van der Waals surface area contributed by atoms with Crippen LogP contribution >= 0.6 is 0 Å². The molecule has 3 aliphatic heterocycles. The summed E-state index contributed by atoms with van der Waals surface area (Å²) < 4.78 is 0. The van der Waals surface area contributed by atoms with E-state index in [1.54, 1.807) is 0 Å². The molecule has 0 bridgehead atoms. The number of benzene rings is 8. The van der Waals surface area contributed by atoms with Crippen LogP contribution in [-0.4, -0.2) is 12.3 Å². The molecule has 3 heterocycles. The number of hydrogen-bond donors (Lipinski definition) is 0. The maximum absolute atomic E-state index is 2.84. The lowest BCUT2D eigenvalue weighted by Gasteiger charge is -2.53. The van der Waals surface area contributed by atoms with Crippen LogP contribution in [0.15, 0.2) is 170 Å².